The summed E-state index contributed by atoms with van der Waals surface area (Å²) in [6.07, 6.45) is 5.43. The molecule has 30 heavy (non-hydrogen) atoms. The van der Waals surface area contributed by atoms with Gasteiger partial charge in [0, 0.05) is 26.2 Å². The van der Waals surface area contributed by atoms with E-state index in [1.807, 2.05) is 32.9 Å². The molecule has 7 heteroatoms. The van der Waals surface area contributed by atoms with Crippen molar-refractivity contribution in [2.24, 2.45) is 0 Å². The molecule has 2 aromatic rings. The highest BCUT2D eigenvalue weighted by Crippen LogP contribution is 2.31. The number of carbonyl (C=O) groups is 1. The molecule has 0 bridgehead atoms. The zero-order valence-electron chi connectivity index (χ0n) is 18.4. The fourth-order valence-electron chi connectivity index (χ4n) is 4.02. The average molecular weight is 409 g/mol. The molecule has 0 radical (unpaired) electrons. The van der Waals surface area contributed by atoms with Crippen molar-refractivity contribution in [3.63, 3.8) is 0 Å². The van der Waals surface area contributed by atoms with Crippen molar-refractivity contribution < 1.29 is 6.22 Å². The van der Waals surface area contributed by atoms with Crippen molar-refractivity contribution in [1.82, 2.24) is 20.5 Å². The molecule has 1 saturated carbocycles. The summed E-state index contributed by atoms with van der Waals surface area (Å²) in [6, 6.07) is 6.73. The summed E-state index contributed by atoms with van der Waals surface area (Å²) >= 11 is 0. The normalized spacial score (nSPS) is 18.7. The van der Waals surface area contributed by atoms with E-state index in [2.05, 4.69) is 45.4 Å². The maximum absolute atomic E-state index is 12.5. The topological polar surface area (TPSA) is 94.8 Å². The van der Waals surface area contributed by atoms with Crippen LogP contribution in [0.4, 0.5) is 5.69 Å². The monoisotopic (exact) mass is 408 g/mol. The lowest BCUT2D eigenvalue weighted by atomic mass is 9.89. The summed E-state index contributed by atoms with van der Waals surface area (Å²) < 4.78 is 0. The molecular weight excluding hydrogens is 376 g/mol. The number of hydrogen-bond acceptors (Lipinski definition) is 6. The summed E-state index contributed by atoms with van der Waals surface area (Å²) in [5.41, 5.74) is 4.88. The first-order chi connectivity index (χ1) is 14.3. The van der Waals surface area contributed by atoms with Gasteiger partial charge in [0.15, 0.2) is 0 Å². The lowest BCUT2D eigenvalue weighted by Gasteiger charge is -2.37. The Morgan fingerprint density at radius 3 is 2.47 bits per heavy atom. The Balaban J connectivity index is 0.00000341. The number of rotatable bonds is 5. The number of nitrogens with zero attached hydrogens (tertiary/aromatic N) is 5. The summed E-state index contributed by atoms with van der Waals surface area (Å²) in [7, 11) is 2.12. The van der Waals surface area contributed by atoms with Crippen molar-refractivity contribution in [1.29, 1.82) is 5.26 Å². The van der Waals surface area contributed by atoms with E-state index in [4.69, 9.17) is 0 Å². The van der Waals surface area contributed by atoms with Gasteiger partial charge in [-0.1, -0.05) is 13.8 Å². The fraction of sp³-hybridized carbons (Fsp3) is 0.522. The second kappa shape index (κ2) is 9.21. The van der Waals surface area contributed by atoms with Crippen LogP contribution in [0.1, 0.15) is 79.9 Å². The van der Waals surface area contributed by atoms with Gasteiger partial charge in [-0.15, -0.1) is 5.10 Å². The van der Waals surface area contributed by atoms with Gasteiger partial charge in [-0.05, 0) is 68.7 Å². The minimum Gasteiger partial charge on any atom is -0.371 e. The first-order valence-electron chi connectivity index (χ1n) is 10.6. The lowest BCUT2D eigenvalue weighted by molar-refractivity contribution is 0.0913. The quantitative estimate of drug-likeness (QED) is 0.806. The standard InChI is InChI=1S/C23H30N6O.H2/c1-14(2)20-13-25-22(28-27-20)23(30)26-18-7-9-19(10-8-18)29(5)21-11-6-17(12-24)15(3)16(21)4;/h6,11,13-14,18-19H,7-10H2,1-5H3,(H,26,30);1H. The molecule has 1 N–H and O–H groups in total. The van der Waals surface area contributed by atoms with Gasteiger partial charge in [0.25, 0.3) is 5.91 Å². The molecular formula is C23H32N6O. The second-order valence-electron chi connectivity index (χ2n) is 8.45. The number of aromatic nitrogens is 3. The number of carbonyl (C=O) groups excluding carboxylic acids is 1. The van der Waals surface area contributed by atoms with Crippen LogP contribution in [0, 0.1) is 25.2 Å². The van der Waals surface area contributed by atoms with Gasteiger partial charge in [-0.3, -0.25) is 4.79 Å². The van der Waals surface area contributed by atoms with E-state index in [1.54, 1.807) is 6.20 Å². The Bertz CT molecular complexity index is 946. The Morgan fingerprint density at radius 2 is 1.90 bits per heavy atom. The number of amides is 1. The highest BCUT2D eigenvalue weighted by Gasteiger charge is 2.27. The summed E-state index contributed by atoms with van der Waals surface area (Å²) in [4.78, 5) is 18.9. The lowest BCUT2D eigenvalue weighted by Crippen LogP contribution is -2.43. The molecule has 1 aromatic heterocycles. The van der Waals surface area contributed by atoms with E-state index in [0.29, 0.717) is 6.04 Å². The molecule has 1 aliphatic rings. The molecule has 1 heterocycles. The van der Waals surface area contributed by atoms with Gasteiger partial charge in [-0.2, -0.15) is 10.4 Å². The molecule has 160 valence electrons. The maximum atomic E-state index is 12.5. The smallest absolute Gasteiger partial charge is 0.291 e. The largest absolute Gasteiger partial charge is 0.371 e. The van der Waals surface area contributed by atoms with Crippen LogP contribution in [0.3, 0.4) is 0 Å². The Labute approximate surface area is 180 Å². The van der Waals surface area contributed by atoms with Crippen molar-refractivity contribution in [2.75, 3.05) is 11.9 Å². The molecule has 1 aliphatic carbocycles. The third-order valence-corrected chi connectivity index (χ3v) is 6.21. The highest BCUT2D eigenvalue weighted by molar-refractivity contribution is 5.90. The first-order valence-corrected chi connectivity index (χ1v) is 10.6. The molecule has 0 atom stereocenters. The molecule has 1 aromatic carbocycles. The zero-order chi connectivity index (χ0) is 21.8. The molecule has 0 saturated heterocycles. The maximum Gasteiger partial charge on any atom is 0.291 e. The van der Waals surface area contributed by atoms with Crippen molar-refractivity contribution in [3.8, 4) is 6.07 Å². The zero-order valence-corrected chi connectivity index (χ0v) is 18.4. The van der Waals surface area contributed by atoms with Crippen LogP contribution >= 0.6 is 0 Å². The van der Waals surface area contributed by atoms with Gasteiger partial charge in [0.1, 0.15) is 0 Å². The average Bonchev–Trinajstić information content (AvgIpc) is 2.75. The van der Waals surface area contributed by atoms with E-state index < -0.39 is 0 Å². The third kappa shape index (κ3) is 4.59. The van der Waals surface area contributed by atoms with Crippen LogP contribution in [0.5, 0.6) is 0 Å². The van der Waals surface area contributed by atoms with Crippen LogP contribution in [0.15, 0.2) is 18.3 Å². The van der Waals surface area contributed by atoms with E-state index >= 15 is 0 Å². The van der Waals surface area contributed by atoms with E-state index in [9.17, 15) is 10.1 Å². The van der Waals surface area contributed by atoms with Crippen LogP contribution < -0.4 is 10.2 Å². The van der Waals surface area contributed by atoms with Crippen LogP contribution in [-0.4, -0.2) is 40.2 Å². The number of hydrogen-bond donors (Lipinski definition) is 1. The second-order valence-corrected chi connectivity index (χ2v) is 8.45. The molecule has 7 nitrogen and oxygen atoms in total. The van der Waals surface area contributed by atoms with Crippen LogP contribution in [-0.2, 0) is 0 Å². The Morgan fingerprint density at radius 1 is 1.20 bits per heavy atom. The molecule has 1 fully saturated rings. The molecule has 0 aliphatic heterocycles. The Kier molecular flexibility index (Phi) is 6.66. The van der Waals surface area contributed by atoms with Gasteiger partial charge in [0.2, 0.25) is 5.82 Å². The Hall–Kier alpha value is -3.01. The first kappa shape index (κ1) is 21.7. The molecule has 3 rings (SSSR count). The van der Waals surface area contributed by atoms with E-state index in [0.717, 1.165) is 48.1 Å². The minimum absolute atomic E-state index is 0. The highest BCUT2D eigenvalue weighted by atomic mass is 16.2. The third-order valence-electron chi connectivity index (χ3n) is 6.21. The number of nitrogens with one attached hydrogen (secondary N) is 1. The number of benzene rings is 1. The predicted molar refractivity (Wildman–Crippen MR) is 119 cm³/mol. The van der Waals surface area contributed by atoms with Crippen LogP contribution in [0.2, 0.25) is 0 Å². The van der Waals surface area contributed by atoms with E-state index in [-0.39, 0.29) is 25.1 Å². The van der Waals surface area contributed by atoms with Gasteiger partial charge >= 0.3 is 0 Å². The number of anilines is 1. The SMILES string of the molecule is Cc1c(C#N)ccc(N(C)C2CCC(NC(=O)c3ncc(C(C)C)nn3)CC2)c1C.[HH]. The molecule has 0 unspecified atom stereocenters. The predicted octanol–water partition coefficient (Wildman–Crippen LogP) is 3.91. The van der Waals surface area contributed by atoms with Crippen molar-refractivity contribution in [2.45, 2.75) is 71.4 Å². The van der Waals surface area contributed by atoms with Crippen molar-refractivity contribution in [3.05, 3.63) is 46.5 Å². The van der Waals surface area contributed by atoms with Crippen molar-refractivity contribution >= 4 is 11.6 Å². The van der Waals surface area contributed by atoms with Gasteiger partial charge in [-0.25, -0.2) is 4.98 Å². The van der Waals surface area contributed by atoms with Gasteiger partial charge in [0.05, 0.1) is 23.5 Å². The summed E-state index contributed by atoms with van der Waals surface area (Å²) in [6.45, 7) is 8.11. The molecule has 1 amide bonds. The van der Waals surface area contributed by atoms with Crippen LogP contribution in [0.25, 0.3) is 0 Å². The minimum atomic E-state index is -0.256. The summed E-state index contributed by atoms with van der Waals surface area (Å²) in [5.74, 6) is 0.105. The molecule has 0 spiro atoms. The van der Waals surface area contributed by atoms with Gasteiger partial charge < -0.3 is 10.2 Å². The summed E-state index contributed by atoms with van der Waals surface area (Å²) in [5, 5.41) is 20.4. The van der Waals surface area contributed by atoms with E-state index in [1.165, 1.54) is 5.69 Å². The fourth-order valence-corrected chi connectivity index (χ4v) is 4.02. The number of nitriles is 1.